The minimum Gasteiger partial charge on any atom is -0.309 e. The second-order valence-electron chi connectivity index (χ2n) is 4.45. The molecule has 0 saturated carbocycles. The second-order valence-corrected chi connectivity index (χ2v) is 4.86. The van der Waals surface area contributed by atoms with E-state index in [0.717, 1.165) is 16.7 Å². The van der Waals surface area contributed by atoms with Gasteiger partial charge in [0, 0.05) is 31.5 Å². The Balaban J connectivity index is 2.00. The number of nitro groups is 1. The van der Waals surface area contributed by atoms with E-state index < -0.39 is 4.92 Å². The van der Waals surface area contributed by atoms with Crippen molar-refractivity contribution >= 4 is 17.3 Å². The van der Waals surface area contributed by atoms with Gasteiger partial charge in [-0.05, 0) is 35.7 Å². The Bertz CT molecular complexity index is 632. The molecule has 104 valence electrons. The van der Waals surface area contributed by atoms with Gasteiger partial charge < -0.3 is 5.32 Å². The number of benzene rings is 1. The van der Waals surface area contributed by atoms with Gasteiger partial charge in [-0.1, -0.05) is 17.7 Å². The van der Waals surface area contributed by atoms with Crippen molar-refractivity contribution in [1.29, 1.82) is 0 Å². The summed E-state index contributed by atoms with van der Waals surface area (Å²) < 4.78 is 0. The molecule has 0 spiro atoms. The molecule has 0 saturated heterocycles. The van der Waals surface area contributed by atoms with Crippen LogP contribution in [-0.4, -0.2) is 9.91 Å². The molecule has 0 radical (unpaired) electrons. The summed E-state index contributed by atoms with van der Waals surface area (Å²) in [4.78, 5) is 14.4. The van der Waals surface area contributed by atoms with Gasteiger partial charge in [-0.3, -0.25) is 15.1 Å². The second kappa shape index (κ2) is 6.45. The number of rotatable bonds is 5. The van der Waals surface area contributed by atoms with Gasteiger partial charge in [0.2, 0.25) is 0 Å². The van der Waals surface area contributed by atoms with E-state index in [2.05, 4.69) is 10.3 Å². The smallest absolute Gasteiger partial charge is 0.288 e. The maximum absolute atomic E-state index is 10.8. The average Bonchev–Trinajstić information content (AvgIpc) is 2.42. The Hall–Kier alpha value is -1.98. The van der Waals surface area contributed by atoms with Crippen LogP contribution < -0.4 is 5.32 Å². The van der Waals surface area contributed by atoms with E-state index >= 15 is 0 Å². The molecule has 6 heteroatoms. The fraction of sp³-hybridized carbons (Fsp3) is 0.214. The van der Waals surface area contributed by atoms with Crippen LogP contribution in [0.4, 0.5) is 5.69 Å². The maximum Gasteiger partial charge on any atom is 0.288 e. The minimum atomic E-state index is -0.475. The van der Waals surface area contributed by atoms with Gasteiger partial charge in [0.25, 0.3) is 5.69 Å². The van der Waals surface area contributed by atoms with E-state index in [4.69, 9.17) is 11.6 Å². The van der Waals surface area contributed by atoms with Crippen molar-refractivity contribution in [2.75, 3.05) is 0 Å². The number of nitrogens with one attached hydrogen (secondary N) is 1. The van der Waals surface area contributed by atoms with Crippen LogP contribution in [0.1, 0.15) is 16.7 Å². The molecule has 2 aromatic rings. The third-order valence-corrected chi connectivity index (χ3v) is 3.32. The summed E-state index contributed by atoms with van der Waals surface area (Å²) in [5.41, 5.74) is 3.02. The molecule has 5 nitrogen and oxygen atoms in total. The fourth-order valence-electron chi connectivity index (χ4n) is 1.83. The van der Waals surface area contributed by atoms with E-state index in [1.54, 1.807) is 18.3 Å². The molecular formula is C14H14ClN3O2. The van der Waals surface area contributed by atoms with Crippen molar-refractivity contribution in [3.63, 3.8) is 0 Å². The highest BCUT2D eigenvalue weighted by molar-refractivity contribution is 6.32. The largest absolute Gasteiger partial charge is 0.309 e. The zero-order valence-electron chi connectivity index (χ0n) is 11.0. The molecule has 0 unspecified atom stereocenters. The monoisotopic (exact) mass is 291 g/mol. The van der Waals surface area contributed by atoms with Crippen molar-refractivity contribution in [2.24, 2.45) is 0 Å². The Morgan fingerprint density at radius 3 is 2.85 bits per heavy atom. The number of nitro benzene ring substituents is 1. The van der Waals surface area contributed by atoms with Gasteiger partial charge >= 0.3 is 0 Å². The Morgan fingerprint density at radius 1 is 1.35 bits per heavy atom. The molecule has 1 aromatic carbocycles. The highest BCUT2D eigenvalue weighted by Gasteiger charge is 2.12. The predicted molar refractivity (Wildman–Crippen MR) is 77.6 cm³/mol. The first-order chi connectivity index (χ1) is 9.58. The molecule has 0 fully saturated rings. The number of hydrogen-bond acceptors (Lipinski definition) is 4. The molecule has 0 aliphatic carbocycles. The Morgan fingerprint density at radius 2 is 2.15 bits per heavy atom. The highest BCUT2D eigenvalue weighted by Crippen LogP contribution is 2.24. The third-order valence-electron chi connectivity index (χ3n) is 3.00. The first kappa shape index (κ1) is 14.4. The number of hydrogen-bond donors (Lipinski definition) is 1. The lowest BCUT2D eigenvalue weighted by Gasteiger charge is -2.07. The van der Waals surface area contributed by atoms with Gasteiger partial charge in [-0.15, -0.1) is 0 Å². The van der Waals surface area contributed by atoms with E-state index in [9.17, 15) is 10.1 Å². The van der Waals surface area contributed by atoms with Crippen LogP contribution in [0, 0.1) is 17.0 Å². The van der Waals surface area contributed by atoms with Crippen molar-refractivity contribution < 1.29 is 4.92 Å². The van der Waals surface area contributed by atoms with Gasteiger partial charge in [-0.25, -0.2) is 0 Å². The number of aryl methyl sites for hydroxylation is 1. The Kier molecular flexibility index (Phi) is 4.65. The summed E-state index contributed by atoms with van der Waals surface area (Å²) in [5, 5.41) is 14.2. The van der Waals surface area contributed by atoms with Crippen molar-refractivity contribution in [3.8, 4) is 0 Å². The summed E-state index contributed by atoms with van der Waals surface area (Å²) in [6.07, 6.45) is 3.56. The van der Waals surface area contributed by atoms with E-state index in [1.807, 2.05) is 19.2 Å². The lowest BCUT2D eigenvalue weighted by atomic mass is 10.1. The summed E-state index contributed by atoms with van der Waals surface area (Å²) in [6.45, 7) is 3.22. The molecule has 1 heterocycles. The Labute approximate surface area is 121 Å². The predicted octanol–water partition coefficient (Wildman–Crippen LogP) is 3.24. The standard InChI is InChI=1S/C14H14ClN3O2/c1-10-4-5-16-8-12(10)9-17-7-11-2-3-13(15)14(6-11)18(19)20/h2-6,8,17H,7,9H2,1H3. The molecule has 1 aromatic heterocycles. The van der Waals surface area contributed by atoms with E-state index in [1.165, 1.54) is 6.07 Å². The third kappa shape index (κ3) is 3.53. The van der Waals surface area contributed by atoms with Crippen LogP contribution >= 0.6 is 11.6 Å². The van der Waals surface area contributed by atoms with Gasteiger partial charge in [0.1, 0.15) is 5.02 Å². The average molecular weight is 292 g/mol. The molecule has 20 heavy (non-hydrogen) atoms. The zero-order valence-corrected chi connectivity index (χ0v) is 11.7. The van der Waals surface area contributed by atoms with Crippen LogP contribution in [0.15, 0.2) is 36.7 Å². The summed E-state index contributed by atoms with van der Waals surface area (Å²) in [6, 6.07) is 6.76. The van der Waals surface area contributed by atoms with Crippen LogP contribution in [0.3, 0.4) is 0 Å². The van der Waals surface area contributed by atoms with E-state index in [-0.39, 0.29) is 10.7 Å². The normalized spacial score (nSPS) is 10.5. The van der Waals surface area contributed by atoms with Crippen LogP contribution in [0.25, 0.3) is 0 Å². The number of aromatic nitrogens is 1. The van der Waals surface area contributed by atoms with Crippen molar-refractivity contribution in [2.45, 2.75) is 20.0 Å². The summed E-state index contributed by atoms with van der Waals surface area (Å²) >= 11 is 5.77. The molecular weight excluding hydrogens is 278 g/mol. The summed E-state index contributed by atoms with van der Waals surface area (Å²) in [5.74, 6) is 0. The lowest BCUT2D eigenvalue weighted by molar-refractivity contribution is -0.384. The minimum absolute atomic E-state index is 0.0662. The number of pyridine rings is 1. The molecule has 1 N–H and O–H groups in total. The molecule has 0 aliphatic heterocycles. The first-order valence-corrected chi connectivity index (χ1v) is 6.49. The molecule has 2 rings (SSSR count). The van der Waals surface area contributed by atoms with Crippen LogP contribution in [0.5, 0.6) is 0 Å². The van der Waals surface area contributed by atoms with Crippen LogP contribution in [-0.2, 0) is 13.1 Å². The van der Waals surface area contributed by atoms with Crippen LogP contribution in [0.2, 0.25) is 5.02 Å². The highest BCUT2D eigenvalue weighted by atomic mass is 35.5. The van der Waals surface area contributed by atoms with Crippen molar-refractivity contribution in [1.82, 2.24) is 10.3 Å². The molecule has 0 bridgehead atoms. The van der Waals surface area contributed by atoms with E-state index in [0.29, 0.717) is 13.1 Å². The zero-order chi connectivity index (χ0) is 14.5. The van der Waals surface area contributed by atoms with Gasteiger partial charge in [0.05, 0.1) is 4.92 Å². The van der Waals surface area contributed by atoms with Gasteiger partial charge in [0.15, 0.2) is 0 Å². The SMILES string of the molecule is Cc1ccncc1CNCc1ccc(Cl)c([N+](=O)[O-])c1. The maximum atomic E-state index is 10.8. The number of halogens is 1. The fourth-order valence-corrected chi connectivity index (χ4v) is 2.02. The molecule has 0 aliphatic rings. The number of nitrogens with zero attached hydrogens (tertiary/aromatic N) is 2. The quantitative estimate of drug-likeness (QED) is 0.678. The molecule has 0 atom stereocenters. The van der Waals surface area contributed by atoms with Gasteiger partial charge in [-0.2, -0.15) is 0 Å². The molecule has 0 amide bonds. The first-order valence-electron chi connectivity index (χ1n) is 6.11. The topological polar surface area (TPSA) is 68.1 Å². The van der Waals surface area contributed by atoms with Crippen molar-refractivity contribution in [3.05, 3.63) is 68.5 Å². The lowest BCUT2D eigenvalue weighted by Crippen LogP contribution is -2.13. The summed E-state index contributed by atoms with van der Waals surface area (Å²) in [7, 11) is 0.